The van der Waals surface area contributed by atoms with Gasteiger partial charge in [-0.15, -0.1) is 5.06 Å². The van der Waals surface area contributed by atoms with Crippen LogP contribution in [-0.2, 0) is 31.4 Å². The molecule has 0 saturated carbocycles. The number of anilines is 3. The molecule has 2 N–H and O–H groups in total. The van der Waals surface area contributed by atoms with Gasteiger partial charge in [0, 0.05) is 30.9 Å². The first kappa shape index (κ1) is 37.2. The van der Waals surface area contributed by atoms with Crippen LogP contribution < -0.4 is 24.4 Å². The lowest BCUT2D eigenvalue weighted by Crippen LogP contribution is -2.48. The number of hydroxylamine groups is 2. The van der Waals surface area contributed by atoms with Gasteiger partial charge in [0.05, 0.1) is 37.8 Å². The molecule has 1 fully saturated rings. The van der Waals surface area contributed by atoms with Gasteiger partial charge >= 0.3 is 6.16 Å². The average molecular weight is 699 g/mol. The van der Waals surface area contributed by atoms with Crippen LogP contribution in [0, 0.1) is 0 Å². The molecular weight excluding hydrogens is 652 g/mol. The van der Waals surface area contributed by atoms with Gasteiger partial charge in [0.15, 0.2) is 5.75 Å². The first-order chi connectivity index (χ1) is 22.8. The van der Waals surface area contributed by atoms with Gasteiger partial charge in [0.2, 0.25) is 21.9 Å². The van der Waals surface area contributed by atoms with Gasteiger partial charge in [-0.1, -0.05) is 33.8 Å². The molecule has 2 aromatic carbocycles. The number of aromatic nitrogens is 2. The number of sulfonamides is 1. The van der Waals surface area contributed by atoms with Crippen molar-refractivity contribution in [1.29, 1.82) is 0 Å². The summed E-state index contributed by atoms with van der Waals surface area (Å²) in [5.41, 5.74) is 1.47. The number of piperazine rings is 1. The SMILES string of the molecule is CCc1ccc(C(=O)Nc2cc(C(C)(C)C)cc(NS(C)(=O)=O)c2OC)cc1Oc1ccnc(N2CCN(OC(=O)OC(C)(C)C)CC2)n1. The first-order valence-corrected chi connectivity index (χ1v) is 17.8. The van der Waals surface area contributed by atoms with Crippen molar-refractivity contribution >= 4 is 39.4 Å². The Morgan fingerprint density at radius 1 is 0.959 bits per heavy atom. The zero-order valence-corrected chi connectivity index (χ0v) is 30.4. The molecule has 0 atom stereocenters. The molecule has 266 valence electrons. The molecule has 0 radical (unpaired) electrons. The van der Waals surface area contributed by atoms with Crippen LogP contribution in [0.4, 0.5) is 22.1 Å². The van der Waals surface area contributed by atoms with Gasteiger partial charge in [-0.05, 0) is 68.0 Å². The van der Waals surface area contributed by atoms with Gasteiger partial charge in [0.1, 0.15) is 11.4 Å². The molecule has 15 heteroatoms. The van der Waals surface area contributed by atoms with Crippen LogP contribution >= 0.6 is 0 Å². The molecule has 3 aromatic rings. The Labute approximate surface area is 288 Å². The summed E-state index contributed by atoms with van der Waals surface area (Å²) in [6.45, 7) is 15.1. The Morgan fingerprint density at radius 2 is 1.63 bits per heavy atom. The molecule has 1 aromatic heterocycles. The maximum Gasteiger partial charge on any atom is 0.528 e. The highest BCUT2D eigenvalue weighted by Gasteiger charge is 2.26. The largest absolute Gasteiger partial charge is 0.528 e. The molecule has 4 rings (SSSR count). The second kappa shape index (κ2) is 14.9. The fourth-order valence-electron chi connectivity index (χ4n) is 4.94. The van der Waals surface area contributed by atoms with E-state index in [9.17, 15) is 18.0 Å². The quantitative estimate of drug-likeness (QED) is 0.247. The summed E-state index contributed by atoms with van der Waals surface area (Å²) in [5, 5.41) is 4.44. The van der Waals surface area contributed by atoms with Crippen LogP contribution in [0.1, 0.15) is 70.0 Å². The van der Waals surface area contributed by atoms with Crippen LogP contribution in [0.25, 0.3) is 0 Å². The van der Waals surface area contributed by atoms with E-state index in [1.165, 1.54) is 7.11 Å². The van der Waals surface area contributed by atoms with Crippen molar-refractivity contribution in [2.75, 3.05) is 54.5 Å². The van der Waals surface area contributed by atoms with E-state index in [1.807, 2.05) is 38.7 Å². The minimum Gasteiger partial charge on any atom is -0.492 e. The second-order valence-electron chi connectivity index (χ2n) is 13.6. The molecule has 0 aliphatic carbocycles. The van der Waals surface area contributed by atoms with E-state index in [0.29, 0.717) is 61.4 Å². The number of aryl methyl sites for hydroxylation is 1. The monoisotopic (exact) mass is 698 g/mol. The van der Waals surface area contributed by atoms with Crippen molar-refractivity contribution in [3.05, 3.63) is 59.3 Å². The molecule has 1 amide bonds. The number of amides is 1. The van der Waals surface area contributed by atoms with Crippen LogP contribution in [-0.4, -0.2) is 80.7 Å². The fourth-order valence-corrected chi connectivity index (χ4v) is 5.49. The molecular formula is C34H46N6O8S. The van der Waals surface area contributed by atoms with E-state index in [2.05, 4.69) is 20.0 Å². The number of hydrogen-bond acceptors (Lipinski definition) is 12. The summed E-state index contributed by atoms with van der Waals surface area (Å²) in [7, 11) is -2.23. The molecule has 2 heterocycles. The van der Waals surface area contributed by atoms with Gasteiger partial charge < -0.3 is 29.3 Å². The van der Waals surface area contributed by atoms with Gasteiger partial charge in [0.25, 0.3) is 5.91 Å². The molecule has 1 saturated heterocycles. The first-order valence-electron chi connectivity index (χ1n) is 15.9. The predicted octanol–water partition coefficient (Wildman–Crippen LogP) is 5.75. The number of nitrogens with zero attached hydrogens (tertiary/aromatic N) is 4. The van der Waals surface area contributed by atoms with Crippen LogP contribution in [0.5, 0.6) is 17.4 Å². The minimum absolute atomic E-state index is 0.180. The molecule has 0 unspecified atom stereocenters. The lowest BCUT2D eigenvalue weighted by Gasteiger charge is -2.33. The topological polar surface area (TPSA) is 162 Å². The smallest absolute Gasteiger partial charge is 0.492 e. The van der Waals surface area contributed by atoms with E-state index < -0.39 is 27.7 Å². The number of hydrogen-bond donors (Lipinski definition) is 2. The van der Waals surface area contributed by atoms with Crippen molar-refractivity contribution in [3.63, 3.8) is 0 Å². The molecule has 0 bridgehead atoms. The zero-order chi connectivity index (χ0) is 36.1. The minimum atomic E-state index is -3.63. The Kier molecular flexibility index (Phi) is 11.3. The maximum absolute atomic E-state index is 13.6. The van der Waals surface area contributed by atoms with Crippen molar-refractivity contribution in [3.8, 4) is 17.4 Å². The van der Waals surface area contributed by atoms with Gasteiger partial charge in [-0.2, -0.15) is 4.98 Å². The average Bonchev–Trinajstić information content (AvgIpc) is 2.99. The lowest BCUT2D eigenvalue weighted by atomic mass is 9.86. The van der Waals surface area contributed by atoms with Crippen molar-refractivity contribution in [2.45, 2.75) is 65.9 Å². The molecule has 0 spiro atoms. The summed E-state index contributed by atoms with van der Waals surface area (Å²) >= 11 is 0. The van der Waals surface area contributed by atoms with Gasteiger partial charge in [-0.3, -0.25) is 9.52 Å². The molecule has 1 aliphatic heterocycles. The van der Waals surface area contributed by atoms with Gasteiger partial charge in [-0.25, -0.2) is 18.2 Å². The third-order valence-corrected chi connectivity index (χ3v) is 7.95. The summed E-state index contributed by atoms with van der Waals surface area (Å²) in [5.74, 6) is 0.924. The highest BCUT2D eigenvalue weighted by molar-refractivity contribution is 7.92. The highest BCUT2D eigenvalue weighted by Crippen LogP contribution is 2.39. The van der Waals surface area contributed by atoms with E-state index in [-0.39, 0.29) is 16.9 Å². The maximum atomic E-state index is 13.6. The summed E-state index contributed by atoms with van der Waals surface area (Å²) < 4.78 is 43.8. The van der Waals surface area contributed by atoms with E-state index in [4.69, 9.17) is 19.0 Å². The Hall–Kier alpha value is -4.63. The number of rotatable bonds is 10. The van der Waals surface area contributed by atoms with E-state index >= 15 is 0 Å². The van der Waals surface area contributed by atoms with Crippen LogP contribution in [0.3, 0.4) is 0 Å². The fraction of sp³-hybridized carbons (Fsp3) is 0.471. The number of benzene rings is 2. The van der Waals surface area contributed by atoms with E-state index in [0.717, 1.165) is 17.4 Å². The van der Waals surface area contributed by atoms with Crippen molar-refractivity contribution in [1.82, 2.24) is 15.0 Å². The third-order valence-electron chi connectivity index (χ3n) is 7.36. The Bertz CT molecular complexity index is 1780. The number of carbonyl (C=O) groups excluding carboxylic acids is 2. The molecule has 14 nitrogen and oxygen atoms in total. The predicted molar refractivity (Wildman–Crippen MR) is 187 cm³/mol. The number of ether oxygens (including phenoxy) is 3. The summed E-state index contributed by atoms with van der Waals surface area (Å²) in [6.07, 6.45) is 2.54. The lowest BCUT2D eigenvalue weighted by molar-refractivity contribution is -0.144. The van der Waals surface area contributed by atoms with E-state index in [1.54, 1.807) is 62.4 Å². The standard InChI is InChI=1S/C34H46N6O8S/c1-10-22-11-12-23(30(41)36-25-20-24(33(2,3)4)21-26(29(25)45-8)38-49(9,43)44)19-27(22)46-28-13-14-35-31(37-28)39-15-17-40(18-16-39)48-32(42)47-34(5,6)7/h11-14,19-21,38H,10,15-18H2,1-9H3,(H,36,41). The molecule has 49 heavy (non-hydrogen) atoms. The summed E-state index contributed by atoms with van der Waals surface area (Å²) in [6, 6.07) is 10.3. The number of nitrogens with one attached hydrogen (secondary N) is 2. The normalized spacial score (nSPS) is 14.2. The van der Waals surface area contributed by atoms with Crippen LogP contribution in [0.15, 0.2) is 42.6 Å². The Balaban J connectivity index is 1.52. The van der Waals surface area contributed by atoms with Crippen molar-refractivity contribution in [2.24, 2.45) is 0 Å². The Morgan fingerprint density at radius 3 is 2.22 bits per heavy atom. The highest BCUT2D eigenvalue weighted by atomic mass is 32.2. The number of methoxy groups -OCH3 is 1. The van der Waals surface area contributed by atoms with Crippen LogP contribution in [0.2, 0.25) is 0 Å². The second-order valence-corrected chi connectivity index (χ2v) is 15.4. The zero-order valence-electron chi connectivity index (χ0n) is 29.5. The molecule has 1 aliphatic rings. The number of carbonyl (C=O) groups is 2. The van der Waals surface area contributed by atoms with Crippen molar-refractivity contribution < 1.29 is 37.1 Å². The third kappa shape index (κ3) is 10.4. The summed E-state index contributed by atoms with van der Waals surface area (Å²) in [4.78, 5) is 42.0.